The third-order valence-corrected chi connectivity index (χ3v) is 2.21. The van der Waals surface area contributed by atoms with Gasteiger partial charge in [0.2, 0.25) is 0 Å². The maximum absolute atomic E-state index is 11.0. The molecular weight excluding hydrogens is 202 g/mol. The van der Waals surface area contributed by atoms with Crippen LogP contribution < -0.4 is 5.69 Å². The number of H-pyrrole nitrogens is 1. The van der Waals surface area contributed by atoms with Crippen molar-refractivity contribution in [1.82, 2.24) is 9.97 Å². The number of aromatic nitrogens is 2. The lowest BCUT2D eigenvalue weighted by Crippen LogP contribution is -2.11. The van der Waals surface area contributed by atoms with Crippen molar-refractivity contribution in [3.63, 3.8) is 0 Å². The van der Waals surface area contributed by atoms with E-state index in [1.165, 1.54) is 6.20 Å². The van der Waals surface area contributed by atoms with Gasteiger partial charge in [0, 0.05) is 18.3 Å². The van der Waals surface area contributed by atoms with Gasteiger partial charge in [0.1, 0.15) is 0 Å². The highest BCUT2D eigenvalue weighted by atomic mass is 16.1. The molecule has 1 aromatic heterocycles. The smallest absolute Gasteiger partial charge is 0.309 e. The van der Waals surface area contributed by atoms with Gasteiger partial charge in [-0.15, -0.1) is 0 Å². The van der Waals surface area contributed by atoms with Crippen LogP contribution in [0.4, 0.5) is 0 Å². The molecule has 0 saturated carbocycles. The van der Waals surface area contributed by atoms with E-state index < -0.39 is 0 Å². The minimum atomic E-state index is -0.342. The van der Waals surface area contributed by atoms with E-state index in [0.717, 1.165) is 11.3 Å². The number of aromatic amines is 1. The first-order chi connectivity index (χ1) is 7.78. The topological polar surface area (TPSA) is 69.5 Å². The summed E-state index contributed by atoms with van der Waals surface area (Å²) < 4.78 is 0. The Hall–Kier alpha value is -2.41. The summed E-state index contributed by atoms with van der Waals surface area (Å²) in [7, 11) is 0. The van der Waals surface area contributed by atoms with E-state index in [-0.39, 0.29) is 5.69 Å². The van der Waals surface area contributed by atoms with Crippen molar-refractivity contribution < 1.29 is 0 Å². The molecule has 4 heteroatoms. The first-order valence-corrected chi connectivity index (χ1v) is 4.81. The number of hydrogen-bond donors (Lipinski definition) is 1. The lowest BCUT2D eigenvalue weighted by atomic mass is 10.1. The molecule has 0 aliphatic carbocycles. The zero-order valence-corrected chi connectivity index (χ0v) is 8.47. The van der Waals surface area contributed by atoms with Crippen molar-refractivity contribution in [3.8, 4) is 6.07 Å². The molecule has 2 rings (SSSR count). The first-order valence-electron chi connectivity index (χ1n) is 4.81. The van der Waals surface area contributed by atoms with E-state index in [2.05, 4.69) is 16.0 Å². The van der Waals surface area contributed by atoms with Crippen LogP contribution in [0.5, 0.6) is 0 Å². The summed E-state index contributed by atoms with van der Waals surface area (Å²) in [6.45, 7) is 0. The Morgan fingerprint density at radius 1 is 1.25 bits per heavy atom. The summed E-state index contributed by atoms with van der Waals surface area (Å²) in [4.78, 5) is 17.2. The van der Waals surface area contributed by atoms with Gasteiger partial charge in [-0.1, -0.05) is 12.1 Å². The van der Waals surface area contributed by atoms with Crippen LogP contribution >= 0.6 is 0 Å². The van der Waals surface area contributed by atoms with Crippen molar-refractivity contribution in [2.45, 2.75) is 6.42 Å². The number of hydrogen-bond acceptors (Lipinski definition) is 3. The molecule has 16 heavy (non-hydrogen) atoms. The second-order valence-corrected chi connectivity index (χ2v) is 3.39. The van der Waals surface area contributed by atoms with Crippen LogP contribution in [0.15, 0.2) is 41.3 Å². The Bertz CT molecular complexity index is 578. The van der Waals surface area contributed by atoms with Gasteiger partial charge in [0.25, 0.3) is 0 Å². The zero-order chi connectivity index (χ0) is 11.4. The van der Waals surface area contributed by atoms with Crippen LogP contribution in [0.2, 0.25) is 0 Å². The SMILES string of the molecule is N#Cc1ccc(Cc2ccnc(=O)[nH]2)cc1. The van der Waals surface area contributed by atoms with Crippen molar-refractivity contribution in [2.75, 3.05) is 0 Å². The normalized spacial score (nSPS) is 9.69. The van der Waals surface area contributed by atoms with Crippen molar-refractivity contribution in [2.24, 2.45) is 0 Å². The molecule has 0 fully saturated rings. The van der Waals surface area contributed by atoms with Crippen molar-refractivity contribution in [1.29, 1.82) is 5.26 Å². The Labute approximate surface area is 92.2 Å². The molecule has 0 radical (unpaired) electrons. The molecule has 0 unspecified atom stereocenters. The molecule has 0 saturated heterocycles. The molecule has 4 nitrogen and oxygen atoms in total. The standard InChI is InChI=1S/C12H9N3O/c13-8-10-3-1-9(2-4-10)7-11-5-6-14-12(16)15-11/h1-6H,7H2,(H,14,15,16). The van der Waals surface area contributed by atoms with Crippen LogP contribution in [0.1, 0.15) is 16.8 Å². The summed E-state index contributed by atoms with van der Waals surface area (Å²) in [6.07, 6.45) is 2.11. The fourth-order valence-corrected chi connectivity index (χ4v) is 1.43. The van der Waals surface area contributed by atoms with E-state index >= 15 is 0 Å². The highest BCUT2D eigenvalue weighted by molar-refractivity contribution is 5.32. The molecule has 0 spiro atoms. The number of benzene rings is 1. The number of rotatable bonds is 2. The predicted molar refractivity (Wildman–Crippen MR) is 58.8 cm³/mol. The molecule has 1 aromatic carbocycles. The molecule has 0 atom stereocenters. The lowest BCUT2D eigenvalue weighted by Gasteiger charge is -2.00. The van der Waals surface area contributed by atoms with Crippen LogP contribution in [0.3, 0.4) is 0 Å². The van der Waals surface area contributed by atoms with E-state index in [1.807, 2.05) is 12.1 Å². The molecule has 0 bridgehead atoms. The van der Waals surface area contributed by atoms with Gasteiger partial charge in [-0.2, -0.15) is 5.26 Å². The fraction of sp³-hybridized carbons (Fsp3) is 0.0833. The Morgan fingerprint density at radius 2 is 2.00 bits per heavy atom. The Morgan fingerprint density at radius 3 is 2.62 bits per heavy atom. The Kier molecular flexibility index (Phi) is 2.79. The average molecular weight is 211 g/mol. The predicted octanol–water partition coefficient (Wildman–Crippen LogP) is 1.23. The van der Waals surface area contributed by atoms with Crippen LogP contribution in [0.25, 0.3) is 0 Å². The third kappa shape index (κ3) is 2.34. The van der Waals surface area contributed by atoms with E-state index in [1.54, 1.807) is 18.2 Å². The molecule has 1 heterocycles. The van der Waals surface area contributed by atoms with Gasteiger partial charge >= 0.3 is 5.69 Å². The summed E-state index contributed by atoms with van der Waals surface area (Å²) in [5.41, 5.74) is 2.14. The molecule has 1 N–H and O–H groups in total. The minimum absolute atomic E-state index is 0.342. The number of nitrogens with one attached hydrogen (secondary N) is 1. The van der Waals surface area contributed by atoms with Gasteiger partial charge in [-0.25, -0.2) is 9.78 Å². The van der Waals surface area contributed by atoms with Gasteiger partial charge in [0.15, 0.2) is 0 Å². The first kappa shape index (κ1) is 10.1. The van der Waals surface area contributed by atoms with Crippen LogP contribution in [-0.4, -0.2) is 9.97 Å². The molecule has 0 aliphatic rings. The van der Waals surface area contributed by atoms with Gasteiger partial charge in [0.05, 0.1) is 11.6 Å². The van der Waals surface area contributed by atoms with Gasteiger partial charge in [-0.05, 0) is 23.8 Å². The second kappa shape index (κ2) is 4.41. The number of nitriles is 1. The maximum Gasteiger partial charge on any atom is 0.345 e. The molecular formula is C12H9N3O. The molecule has 0 aliphatic heterocycles. The van der Waals surface area contributed by atoms with E-state index in [4.69, 9.17) is 5.26 Å². The summed E-state index contributed by atoms with van der Waals surface area (Å²) in [5, 5.41) is 8.65. The highest BCUT2D eigenvalue weighted by Crippen LogP contribution is 2.07. The van der Waals surface area contributed by atoms with E-state index in [9.17, 15) is 4.79 Å². The van der Waals surface area contributed by atoms with Crippen LogP contribution in [-0.2, 0) is 6.42 Å². The summed E-state index contributed by atoms with van der Waals surface area (Å²) >= 11 is 0. The maximum atomic E-state index is 11.0. The average Bonchev–Trinajstić information content (AvgIpc) is 2.30. The minimum Gasteiger partial charge on any atom is -0.309 e. The van der Waals surface area contributed by atoms with E-state index in [0.29, 0.717) is 12.0 Å². The molecule has 2 aromatic rings. The number of nitrogens with zero attached hydrogens (tertiary/aromatic N) is 2. The van der Waals surface area contributed by atoms with Crippen molar-refractivity contribution >= 4 is 0 Å². The fourth-order valence-electron chi connectivity index (χ4n) is 1.43. The Balaban J connectivity index is 2.21. The summed E-state index contributed by atoms with van der Waals surface area (Å²) in [6, 6.07) is 11.1. The third-order valence-electron chi connectivity index (χ3n) is 2.21. The summed E-state index contributed by atoms with van der Waals surface area (Å²) in [5.74, 6) is 0. The second-order valence-electron chi connectivity index (χ2n) is 3.39. The lowest BCUT2D eigenvalue weighted by molar-refractivity contribution is 0.977. The highest BCUT2D eigenvalue weighted by Gasteiger charge is 1.97. The quantitative estimate of drug-likeness (QED) is 0.812. The van der Waals surface area contributed by atoms with Crippen LogP contribution in [0, 0.1) is 11.3 Å². The monoisotopic (exact) mass is 211 g/mol. The zero-order valence-electron chi connectivity index (χ0n) is 8.47. The van der Waals surface area contributed by atoms with Gasteiger partial charge in [-0.3, -0.25) is 0 Å². The van der Waals surface area contributed by atoms with Gasteiger partial charge < -0.3 is 4.98 Å². The molecule has 0 amide bonds. The van der Waals surface area contributed by atoms with Crippen molar-refractivity contribution in [3.05, 3.63) is 63.8 Å². The molecule has 78 valence electrons. The largest absolute Gasteiger partial charge is 0.345 e.